The fourth-order valence-electron chi connectivity index (χ4n) is 1.32. The van der Waals surface area contributed by atoms with E-state index in [1.54, 1.807) is 14.1 Å². The molecule has 0 aromatic carbocycles. The van der Waals surface area contributed by atoms with Crippen molar-refractivity contribution in [1.29, 1.82) is 0 Å². The van der Waals surface area contributed by atoms with Gasteiger partial charge in [0.2, 0.25) is 0 Å². The Morgan fingerprint density at radius 3 is 1.00 bits per heavy atom. The van der Waals surface area contributed by atoms with E-state index >= 15 is 0 Å². The quantitative estimate of drug-likeness (QED) is 0.559. The second-order valence-corrected chi connectivity index (χ2v) is 4.03. The third-order valence-corrected chi connectivity index (χ3v) is 2.09. The number of rotatable bonds is 2. The highest BCUT2D eigenvalue weighted by Gasteiger charge is 1.98. The van der Waals surface area contributed by atoms with Crippen LogP contribution in [0.5, 0.6) is 0 Å². The fourth-order valence-corrected chi connectivity index (χ4v) is 1.32. The predicted octanol–water partition coefficient (Wildman–Crippen LogP) is 1.78. The first-order valence-electron chi connectivity index (χ1n) is 5.73. The van der Waals surface area contributed by atoms with Gasteiger partial charge < -0.3 is 10.6 Å². The lowest BCUT2D eigenvalue weighted by Gasteiger charge is -2.06. The van der Waals surface area contributed by atoms with Gasteiger partial charge in [0.05, 0.1) is 11.7 Å². The molecule has 0 aliphatic heterocycles. The van der Waals surface area contributed by atoms with Gasteiger partial charge in [-0.3, -0.25) is 9.98 Å². The van der Waals surface area contributed by atoms with Gasteiger partial charge >= 0.3 is 0 Å². The Balaban J connectivity index is 0. The second kappa shape index (κ2) is 10.5. The highest BCUT2D eigenvalue weighted by molar-refractivity contribution is 5.83. The summed E-state index contributed by atoms with van der Waals surface area (Å²) in [5.74, 6) is 3.16. The standard InChI is InChI=1S/2C6H14N2/c2*1-5(2)6(7-3)8-4/h2*5H,1-4H3,(H,7,8). The Morgan fingerprint density at radius 2 is 1.00 bits per heavy atom. The van der Waals surface area contributed by atoms with Crippen molar-refractivity contribution in [3.05, 3.63) is 0 Å². The molecule has 0 aromatic rings. The van der Waals surface area contributed by atoms with Crippen LogP contribution in [0, 0.1) is 11.8 Å². The van der Waals surface area contributed by atoms with Crippen molar-refractivity contribution in [2.45, 2.75) is 27.7 Å². The number of aliphatic imine (C=N–C) groups is 2. The lowest BCUT2D eigenvalue weighted by atomic mass is 10.2. The average molecular weight is 228 g/mol. The average Bonchev–Trinajstić information content (AvgIpc) is 2.21. The molecule has 0 unspecified atom stereocenters. The molecule has 0 aliphatic carbocycles. The van der Waals surface area contributed by atoms with Crippen LogP contribution in [-0.4, -0.2) is 39.9 Å². The van der Waals surface area contributed by atoms with E-state index in [2.05, 4.69) is 48.3 Å². The molecule has 0 saturated heterocycles. The molecule has 0 amide bonds. The first-order valence-corrected chi connectivity index (χ1v) is 5.73. The van der Waals surface area contributed by atoms with Crippen molar-refractivity contribution < 1.29 is 0 Å². The largest absolute Gasteiger partial charge is 0.377 e. The minimum Gasteiger partial charge on any atom is -0.377 e. The number of nitrogens with one attached hydrogen (secondary N) is 2. The molecule has 0 bridgehead atoms. The first kappa shape index (κ1) is 17.3. The second-order valence-electron chi connectivity index (χ2n) is 4.03. The summed E-state index contributed by atoms with van der Waals surface area (Å²) in [5.41, 5.74) is 0. The highest BCUT2D eigenvalue weighted by Crippen LogP contribution is 1.91. The monoisotopic (exact) mass is 228 g/mol. The Kier molecular flexibility index (Phi) is 11.3. The molecular weight excluding hydrogens is 200 g/mol. The number of hydrogen-bond donors (Lipinski definition) is 2. The molecule has 0 spiro atoms. The van der Waals surface area contributed by atoms with Gasteiger partial charge in [0.1, 0.15) is 0 Å². The van der Waals surface area contributed by atoms with E-state index < -0.39 is 0 Å². The zero-order valence-electron chi connectivity index (χ0n) is 12.0. The smallest absolute Gasteiger partial charge is 0.0982 e. The van der Waals surface area contributed by atoms with Crippen molar-refractivity contribution >= 4 is 11.7 Å². The summed E-state index contributed by atoms with van der Waals surface area (Å²) in [5, 5.41) is 6.00. The minimum atomic E-state index is 0.519. The summed E-state index contributed by atoms with van der Waals surface area (Å²) in [4.78, 5) is 8.02. The van der Waals surface area contributed by atoms with Crippen LogP contribution < -0.4 is 10.6 Å². The molecule has 16 heavy (non-hydrogen) atoms. The molecule has 2 N–H and O–H groups in total. The SMILES string of the molecule is CN=C(NC)C(C)C.CN=C(NC)C(C)C. The van der Waals surface area contributed by atoms with E-state index in [4.69, 9.17) is 0 Å². The molecule has 0 heterocycles. The summed E-state index contributed by atoms with van der Waals surface area (Å²) in [6, 6.07) is 0. The van der Waals surface area contributed by atoms with Crippen LogP contribution in [0.25, 0.3) is 0 Å². The van der Waals surface area contributed by atoms with Gasteiger partial charge in [-0.1, -0.05) is 27.7 Å². The van der Waals surface area contributed by atoms with E-state index in [1.807, 2.05) is 14.1 Å². The molecular formula is C12H28N4. The molecule has 4 nitrogen and oxygen atoms in total. The van der Waals surface area contributed by atoms with E-state index in [0.29, 0.717) is 11.8 Å². The number of hydrogen-bond acceptors (Lipinski definition) is 2. The van der Waals surface area contributed by atoms with Crippen molar-refractivity contribution in [3.8, 4) is 0 Å². The number of nitrogens with zero attached hydrogens (tertiary/aromatic N) is 2. The van der Waals surface area contributed by atoms with Crippen molar-refractivity contribution in [2.75, 3.05) is 28.2 Å². The van der Waals surface area contributed by atoms with Crippen molar-refractivity contribution in [2.24, 2.45) is 21.8 Å². The topological polar surface area (TPSA) is 48.8 Å². The Labute approximate surface area is 101 Å². The summed E-state index contributed by atoms with van der Waals surface area (Å²) < 4.78 is 0. The third kappa shape index (κ3) is 8.26. The molecule has 0 rings (SSSR count). The first-order chi connectivity index (χ1) is 7.44. The Morgan fingerprint density at radius 1 is 0.750 bits per heavy atom. The van der Waals surface area contributed by atoms with Crippen LogP contribution in [-0.2, 0) is 0 Å². The predicted molar refractivity (Wildman–Crippen MR) is 74.5 cm³/mol. The van der Waals surface area contributed by atoms with Gasteiger partial charge in [-0.05, 0) is 0 Å². The lowest BCUT2D eigenvalue weighted by molar-refractivity contribution is 0.834. The van der Waals surface area contributed by atoms with E-state index in [1.165, 1.54) is 0 Å². The van der Waals surface area contributed by atoms with Crippen LogP contribution in [0.3, 0.4) is 0 Å². The number of amidine groups is 2. The van der Waals surface area contributed by atoms with Gasteiger partial charge in [-0.15, -0.1) is 0 Å². The van der Waals surface area contributed by atoms with Crippen LogP contribution in [0.4, 0.5) is 0 Å². The van der Waals surface area contributed by atoms with Gasteiger partial charge in [0.25, 0.3) is 0 Å². The zero-order chi connectivity index (χ0) is 13.1. The minimum absolute atomic E-state index is 0.519. The van der Waals surface area contributed by atoms with Gasteiger partial charge in [0, 0.05) is 40.0 Å². The van der Waals surface area contributed by atoms with Gasteiger partial charge in [-0.25, -0.2) is 0 Å². The van der Waals surface area contributed by atoms with Gasteiger partial charge in [-0.2, -0.15) is 0 Å². The fraction of sp³-hybridized carbons (Fsp3) is 0.833. The van der Waals surface area contributed by atoms with Gasteiger partial charge in [0.15, 0.2) is 0 Å². The third-order valence-electron chi connectivity index (χ3n) is 2.09. The lowest BCUT2D eigenvalue weighted by Crippen LogP contribution is -2.23. The maximum absolute atomic E-state index is 4.01. The Bertz CT molecular complexity index is 193. The normalized spacial score (nSPS) is 12.4. The molecule has 96 valence electrons. The maximum atomic E-state index is 4.01. The van der Waals surface area contributed by atoms with E-state index in [-0.39, 0.29) is 0 Å². The molecule has 0 atom stereocenters. The van der Waals surface area contributed by atoms with Crippen LogP contribution in [0.15, 0.2) is 9.98 Å². The van der Waals surface area contributed by atoms with Crippen LogP contribution >= 0.6 is 0 Å². The van der Waals surface area contributed by atoms with Crippen LogP contribution in [0.2, 0.25) is 0 Å². The van der Waals surface area contributed by atoms with Crippen molar-refractivity contribution in [3.63, 3.8) is 0 Å². The molecule has 4 heteroatoms. The zero-order valence-corrected chi connectivity index (χ0v) is 12.0. The Hall–Kier alpha value is -1.06. The van der Waals surface area contributed by atoms with E-state index in [0.717, 1.165) is 11.7 Å². The summed E-state index contributed by atoms with van der Waals surface area (Å²) in [7, 11) is 7.38. The summed E-state index contributed by atoms with van der Waals surface area (Å²) in [6.07, 6.45) is 0. The van der Waals surface area contributed by atoms with E-state index in [9.17, 15) is 0 Å². The van der Waals surface area contributed by atoms with Crippen molar-refractivity contribution in [1.82, 2.24) is 10.6 Å². The molecule has 0 saturated carbocycles. The molecule has 0 aliphatic rings. The summed E-state index contributed by atoms with van der Waals surface area (Å²) >= 11 is 0. The molecule has 0 fully saturated rings. The van der Waals surface area contributed by atoms with Crippen LogP contribution in [0.1, 0.15) is 27.7 Å². The molecule has 0 aromatic heterocycles. The summed E-state index contributed by atoms with van der Waals surface area (Å²) in [6.45, 7) is 8.44. The molecule has 0 radical (unpaired) electrons. The highest BCUT2D eigenvalue weighted by atomic mass is 15.0. The maximum Gasteiger partial charge on any atom is 0.0982 e.